The first-order chi connectivity index (χ1) is 6.77. The summed E-state index contributed by atoms with van der Waals surface area (Å²) in [5.41, 5.74) is 16.8. The van der Waals surface area contributed by atoms with Gasteiger partial charge in [-0.15, -0.1) is 0 Å². The van der Waals surface area contributed by atoms with Crippen LogP contribution in [0, 0.1) is 0 Å². The van der Waals surface area contributed by atoms with Crippen molar-refractivity contribution >= 4 is 0 Å². The molecule has 0 bridgehead atoms. The van der Waals surface area contributed by atoms with E-state index in [-0.39, 0.29) is 44.1 Å². The monoisotopic (exact) mass is 419 g/mol. The minimum Gasteiger partial charge on any atom is -0.676 e. The Morgan fingerprint density at radius 3 is 2.00 bits per heavy atom. The summed E-state index contributed by atoms with van der Waals surface area (Å²) in [6.07, 6.45) is 2.82. The SMILES string of the molecule is O.O.[NH-]C1CCC(c2ccccc2)CC1[NH-].[Pt+2]. The molecule has 0 heterocycles. The molecule has 0 spiro atoms. The van der Waals surface area contributed by atoms with E-state index in [4.69, 9.17) is 11.5 Å². The quantitative estimate of drug-likeness (QED) is 0.665. The molecule has 1 aliphatic carbocycles. The Morgan fingerprint density at radius 2 is 1.47 bits per heavy atom. The first kappa shape index (κ1) is 19.1. The van der Waals surface area contributed by atoms with Gasteiger partial charge in [0, 0.05) is 0 Å². The smallest absolute Gasteiger partial charge is 0.676 e. The topological polar surface area (TPSA) is 111 Å². The van der Waals surface area contributed by atoms with Crippen LogP contribution in [-0.2, 0) is 21.1 Å². The fourth-order valence-corrected chi connectivity index (χ4v) is 2.20. The summed E-state index contributed by atoms with van der Waals surface area (Å²) >= 11 is 0. The largest absolute Gasteiger partial charge is 2.00 e. The molecule has 0 radical (unpaired) electrons. The van der Waals surface area contributed by atoms with Crippen molar-refractivity contribution < 1.29 is 32.0 Å². The van der Waals surface area contributed by atoms with Crippen LogP contribution in [0.4, 0.5) is 0 Å². The fourth-order valence-electron chi connectivity index (χ4n) is 2.20. The molecule has 100 valence electrons. The van der Waals surface area contributed by atoms with Crippen LogP contribution in [0.2, 0.25) is 0 Å². The van der Waals surface area contributed by atoms with Crippen LogP contribution >= 0.6 is 0 Å². The predicted octanol–water partition coefficient (Wildman–Crippen LogP) is 2.14. The zero-order chi connectivity index (χ0) is 9.97. The van der Waals surface area contributed by atoms with E-state index >= 15 is 0 Å². The van der Waals surface area contributed by atoms with E-state index < -0.39 is 0 Å². The maximum atomic E-state index is 7.77. The van der Waals surface area contributed by atoms with Gasteiger partial charge in [0.15, 0.2) is 0 Å². The first-order valence-corrected chi connectivity index (χ1v) is 5.24. The Kier molecular flexibility index (Phi) is 9.87. The molecule has 1 aliphatic rings. The maximum Gasteiger partial charge on any atom is 2.00 e. The Morgan fingerprint density at radius 1 is 0.882 bits per heavy atom. The van der Waals surface area contributed by atoms with Crippen molar-refractivity contribution in [1.82, 2.24) is 0 Å². The normalized spacial score (nSPS) is 27.1. The predicted molar refractivity (Wildman–Crippen MR) is 66.5 cm³/mol. The van der Waals surface area contributed by atoms with Gasteiger partial charge in [0.25, 0.3) is 0 Å². The van der Waals surface area contributed by atoms with Gasteiger partial charge in [0.2, 0.25) is 0 Å². The summed E-state index contributed by atoms with van der Waals surface area (Å²) in [6.45, 7) is 0. The summed E-state index contributed by atoms with van der Waals surface area (Å²) in [5.74, 6) is 0.514. The van der Waals surface area contributed by atoms with Gasteiger partial charge in [0.05, 0.1) is 0 Å². The molecule has 0 aliphatic heterocycles. The third kappa shape index (κ3) is 4.86. The number of hydrogen-bond acceptors (Lipinski definition) is 0. The number of benzene rings is 1. The van der Waals surface area contributed by atoms with Crippen molar-refractivity contribution in [2.75, 3.05) is 0 Å². The second kappa shape index (κ2) is 8.78. The fraction of sp³-hybridized carbons (Fsp3) is 0.500. The third-order valence-electron chi connectivity index (χ3n) is 3.12. The van der Waals surface area contributed by atoms with E-state index in [0.717, 1.165) is 19.3 Å². The molecule has 3 unspecified atom stereocenters. The third-order valence-corrected chi connectivity index (χ3v) is 3.12. The summed E-state index contributed by atoms with van der Waals surface area (Å²) in [6, 6.07) is 10.1. The molecule has 1 fully saturated rings. The van der Waals surface area contributed by atoms with Gasteiger partial charge < -0.3 is 22.4 Å². The van der Waals surface area contributed by atoms with Crippen molar-refractivity contribution in [3.05, 3.63) is 47.4 Å². The van der Waals surface area contributed by atoms with Crippen LogP contribution in [0.1, 0.15) is 30.7 Å². The minimum atomic E-state index is -0.186. The zero-order valence-corrected chi connectivity index (χ0v) is 11.8. The van der Waals surface area contributed by atoms with Crippen LogP contribution in [-0.4, -0.2) is 23.0 Å². The maximum absolute atomic E-state index is 7.77. The molecule has 17 heavy (non-hydrogen) atoms. The van der Waals surface area contributed by atoms with E-state index in [1.54, 1.807) is 0 Å². The molecule has 0 amide bonds. The van der Waals surface area contributed by atoms with Gasteiger partial charge in [-0.2, -0.15) is 12.1 Å². The van der Waals surface area contributed by atoms with Crippen LogP contribution in [0.15, 0.2) is 30.3 Å². The van der Waals surface area contributed by atoms with E-state index in [0.29, 0.717) is 5.92 Å². The molecular weight excluding hydrogens is 399 g/mol. The van der Waals surface area contributed by atoms with Gasteiger partial charge >= 0.3 is 21.1 Å². The Balaban J connectivity index is 0. The van der Waals surface area contributed by atoms with E-state index in [1.807, 2.05) is 6.07 Å². The average Bonchev–Trinajstić information content (AvgIpc) is 2.23. The summed E-state index contributed by atoms with van der Waals surface area (Å²) in [4.78, 5) is 0. The van der Waals surface area contributed by atoms with Gasteiger partial charge in [0.1, 0.15) is 0 Å². The minimum absolute atomic E-state index is 0. The van der Waals surface area contributed by atoms with Crippen molar-refractivity contribution in [3.63, 3.8) is 0 Å². The van der Waals surface area contributed by atoms with Crippen molar-refractivity contribution in [2.45, 2.75) is 37.3 Å². The Bertz CT molecular complexity index is 298. The van der Waals surface area contributed by atoms with Crippen LogP contribution in [0.3, 0.4) is 0 Å². The van der Waals surface area contributed by atoms with E-state index in [1.165, 1.54) is 5.56 Å². The molecule has 5 heteroatoms. The molecule has 0 saturated heterocycles. The first-order valence-electron chi connectivity index (χ1n) is 5.24. The van der Waals surface area contributed by atoms with Gasteiger partial charge in [-0.1, -0.05) is 43.2 Å². The Labute approximate surface area is 117 Å². The van der Waals surface area contributed by atoms with Gasteiger partial charge in [-0.25, -0.2) is 0 Å². The van der Waals surface area contributed by atoms with Crippen LogP contribution in [0.5, 0.6) is 0 Å². The summed E-state index contributed by atoms with van der Waals surface area (Å²) in [5, 5.41) is 0. The zero-order valence-electron chi connectivity index (χ0n) is 9.56. The summed E-state index contributed by atoms with van der Waals surface area (Å²) < 4.78 is 0. The van der Waals surface area contributed by atoms with Crippen molar-refractivity contribution in [1.29, 1.82) is 0 Å². The summed E-state index contributed by atoms with van der Waals surface area (Å²) in [7, 11) is 0. The molecule has 4 nitrogen and oxygen atoms in total. The molecule has 1 saturated carbocycles. The Hall–Kier alpha value is -0.252. The van der Waals surface area contributed by atoms with Crippen LogP contribution < -0.4 is 0 Å². The number of rotatable bonds is 1. The van der Waals surface area contributed by atoms with Crippen molar-refractivity contribution in [3.8, 4) is 0 Å². The second-order valence-corrected chi connectivity index (χ2v) is 4.13. The molecule has 3 atom stereocenters. The molecular formula is C12H20N2O2Pt. The second-order valence-electron chi connectivity index (χ2n) is 4.13. The molecule has 1 aromatic carbocycles. The standard InChI is InChI=1S/C12H16N2.2H2O.Pt/c13-11-7-6-10(8-12(11)14)9-4-2-1-3-5-9;;;/h1-5,10-14H,6-8H2;2*1H2;/q-2;;;+2. The molecule has 2 rings (SSSR count). The molecule has 6 N–H and O–H groups in total. The van der Waals surface area contributed by atoms with E-state index in [9.17, 15) is 0 Å². The van der Waals surface area contributed by atoms with E-state index in [2.05, 4.69) is 24.3 Å². The van der Waals surface area contributed by atoms with Crippen molar-refractivity contribution in [2.24, 2.45) is 0 Å². The molecule has 1 aromatic rings. The number of hydrogen-bond donors (Lipinski definition) is 0. The van der Waals surface area contributed by atoms with Gasteiger partial charge in [-0.3, -0.25) is 0 Å². The van der Waals surface area contributed by atoms with Crippen LogP contribution in [0.25, 0.3) is 11.5 Å². The molecule has 0 aromatic heterocycles. The average molecular weight is 419 g/mol. The number of nitrogens with one attached hydrogen (secondary N) is 2. The van der Waals surface area contributed by atoms with Gasteiger partial charge in [-0.05, 0) is 17.9 Å².